The van der Waals surface area contributed by atoms with Crippen molar-refractivity contribution in [2.75, 3.05) is 60.9 Å². The van der Waals surface area contributed by atoms with Crippen molar-refractivity contribution in [3.63, 3.8) is 0 Å². The maximum absolute atomic E-state index is 13.4. The van der Waals surface area contributed by atoms with E-state index in [2.05, 4.69) is 84.7 Å². The highest BCUT2D eigenvalue weighted by Crippen LogP contribution is 2.36. The number of amides is 3. The Morgan fingerprint density at radius 2 is 1.56 bits per heavy atom. The van der Waals surface area contributed by atoms with Crippen molar-refractivity contribution in [2.45, 2.75) is 63.1 Å². The third-order valence-electron chi connectivity index (χ3n) is 13.3. The van der Waals surface area contributed by atoms with E-state index in [0.717, 1.165) is 99.6 Å². The summed E-state index contributed by atoms with van der Waals surface area (Å²) in [6.07, 6.45) is 8.52. The van der Waals surface area contributed by atoms with Crippen LogP contribution >= 0.6 is 23.2 Å². The highest BCUT2D eigenvalue weighted by Gasteiger charge is 2.34. The molecule has 3 aromatic heterocycles. The fourth-order valence-corrected chi connectivity index (χ4v) is 10.0. The predicted octanol–water partition coefficient (Wildman–Crippen LogP) is 5.52. The molecule has 0 spiro atoms. The molecule has 3 amide bonds. The number of nitrogens with one attached hydrogen (secondary N) is 3. The molecule has 64 heavy (non-hydrogen) atoms. The summed E-state index contributed by atoms with van der Waals surface area (Å²) >= 11 is 12.5. The van der Waals surface area contributed by atoms with Gasteiger partial charge < -0.3 is 25.0 Å². The first-order valence-electron chi connectivity index (χ1n) is 21.9. The zero-order valence-electron chi connectivity index (χ0n) is 35.0. The van der Waals surface area contributed by atoms with E-state index in [0.29, 0.717) is 43.8 Å². The minimum Gasteiger partial charge on any atom is -0.371 e. The first kappa shape index (κ1) is 41.8. The molecule has 0 radical (unpaired) electrons. The second kappa shape index (κ2) is 17.8. The number of piperazine rings is 1. The van der Waals surface area contributed by atoms with E-state index in [9.17, 15) is 19.2 Å². The second-order valence-corrected chi connectivity index (χ2v) is 18.0. The van der Waals surface area contributed by atoms with E-state index in [-0.39, 0.29) is 42.3 Å². The molecule has 19 heteroatoms. The van der Waals surface area contributed by atoms with Gasteiger partial charge in [0.1, 0.15) is 17.9 Å². The van der Waals surface area contributed by atoms with E-state index in [1.807, 2.05) is 18.2 Å². The number of fused-ring (bicyclic) bond motifs is 2. The average Bonchev–Trinajstić information content (AvgIpc) is 3.72. The summed E-state index contributed by atoms with van der Waals surface area (Å²) < 4.78 is 3.17. The lowest BCUT2D eigenvalue weighted by atomic mass is 9.86. The molecule has 3 aromatic carbocycles. The summed E-state index contributed by atoms with van der Waals surface area (Å²) in [5.41, 5.74) is 4.90. The Balaban J connectivity index is 0.674. The molecule has 4 fully saturated rings. The van der Waals surface area contributed by atoms with Crippen LogP contribution in [0.3, 0.4) is 0 Å². The topological polar surface area (TPSA) is 188 Å². The number of piperidine rings is 2. The van der Waals surface area contributed by atoms with E-state index in [1.165, 1.54) is 5.69 Å². The molecule has 3 aliphatic heterocycles. The molecule has 6 aromatic rings. The number of halogens is 2. The molecule has 330 valence electrons. The van der Waals surface area contributed by atoms with E-state index in [1.54, 1.807) is 30.9 Å². The Hall–Kier alpha value is -6.17. The molecule has 0 bridgehead atoms. The number of nitrogens with zero attached hydrogens (tertiary/aromatic N) is 10. The number of benzene rings is 3. The van der Waals surface area contributed by atoms with Crippen LogP contribution in [0.25, 0.3) is 22.1 Å². The van der Waals surface area contributed by atoms with Crippen LogP contribution in [-0.4, -0.2) is 109 Å². The van der Waals surface area contributed by atoms with Gasteiger partial charge in [-0.15, -0.1) is 5.10 Å². The first-order valence-corrected chi connectivity index (χ1v) is 22.7. The normalized spacial score (nSPS) is 20.9. The molecule has 1 saturated carbocycles. The molecule has 3 N–H and O–H groups in total. The van der Waals surface area contributed by atoms with Crippen molar-refractivity contribution in [3.05, 3.63) is 99.3 Å². The Labute approximate surface area is 378 Å². The fourth-order valence-electron chi connectivity index (χ4n) is 9.44. The van der Waals surface area contributed by atoms with Gasteiger partial charge in [-0.2, -0.15) is 4.68 Å². The maximum Gasteiger partial charge on any atom is 0.278 e. The average molecular weight is 905 g/mol. The second-order valence-electron chi connectivity index (χ2n) is 17.2. The lowest BCUT2D eigenvalue weighted by Crippen LogP contribution is -2.47. The number of imide groups is 1. The molecular formula is C45H47Cl2N13O4. The maximum atomic E-state index is 13.4. The molecule has 10 rings (SSSR count). The summed E-state index contributed by atoms with van der Waals surface area (Å²) in [7, 11) is 0. The van der Waals surface area contributed by atoms with Gasteiger partial charge in [-0.25, -0.2) is 15.0 Å². The van der Waals surface area contributed by atoms with Crippen molar-refractivity contribution in [1.29, 1.82) is 0 Å². The summed E-state index contributed by atoms with van der Waals surface area (Å²) in [6.45, 7) is 6.85. The fraction of sp³-hybridized carbons (Fsp3) is 0.400. The van der Waals surface area contributed by atoms with Gasteiger partial charge in [0.15, 0.2) is 17.0 Å². The lowest BCUT2D eigenvalue weighted by Gasteiger charge is -2.38. The van der Waals surface area contributed by atoms with Crippen LogP contribution in [0.4, 0.5) is 22.9 Å². The van der Waals surface area contributed by atoms with Gasteiger partial charge in [0.25, 0.3) is 17.4 Å². The first-order chi connectivity index (χ1) is 31.1. The minimum absolute atomic E-state index is 0.0110. The molecule has 1 atom stereocenters. The molecule has 6 heterocycles. The molecular weight excluding hydrogens is 857 g/mol. The van der Waals surface area contributed by atoms with Crippen LogP contribution in [0, 0.1) is 5.92 Å². The zero-order chi connectivity index (χ0) is 43.9. The van der Waals surface area contributed by atoms with Gasteiger partial charge in [0.2, 0.25) is 5.91 Å². The van der Waals surface area contributed by atoms with Gasteiger partial charge >= 0.3 is 0 Å². The number of carbonyl (C=O) groups excluding carboxylic acids is 3. The number of hydrogen-bond donors (Lipinski definition) is 3. The highest BCUT2D eigenvalue weighted by atomic mass is 35.5. The van der Waals surface area contributed by atoms with Crippen LogP contribution < -0.4 is 31.3 Å². The zero-order valence-corrected chi connectivity index (χ0v) is 36.5. The summed E-state index contributed by atoms with van der Waals surface area (Å²) in [4.78, 5) is 71.4. The number of anilines is 4. The smallest absolute Gasteiger partial charge is 0.278 e. The number of carbonyl (C=O) groups is 3. The Morgan fingerprint density at radius 1 is 0.828 bits per heavy atom. The number of hydrogen-bond acceptors (Lipinski definition) is 13. The van der Waals surface area contributed by atoms with Crippen LogP contribution in [0.2, 0.25) is 10.0 Å². The van der Waals surface area contributed by atoms with Crippen LogP contribution in [-0.2, 0) is 9.59 Å². The van der Waals surface area contributed by atoms with Crippen LogP contribution in [0.1, 0.15) is 67.4 Å². The van der Waals surface area contributed by atoms with Crippen molar-refractivity contribution in [2.24, 2.45) is 5.92 Å². The van der Waals surface area contributed by atoms with Gasteiger partial charge in [0.05, 0.1) is 27.3 Å². The summed E-state index contributed by atoms with van der Waals surface area (Å²) in [5.74, 6) is 0.139. The summed E-state index contributed by atoms with van der Waals surface area (Å²) in [6, 6.07) is 18.4. The number of imidazole rings is 1. The van der Waals surface area contributed by atoms with E-state index >= 15 is 0 Å². The third-order valence-corrected chi connectivity index (χ3v) is 13.9. The van der Waals surface area contributed by atoms with Crippen LogP contribution in [0.5, 0.6) is 0 Å². The molecule has 1 unspecified atom stereocenters. The molecule has 4 aliphatic rings. The SMILES string of the molecule is O=C1CCC(n2nnc3ccc(N4CCC(CCN5CCN(c6ccc(Nc7ncnc8c7ncn8C7CC(NC(=O)c8c(Cl)cccc8Cl)C7)cc6)CC5)CC4)cc3c2=O)C(=O)N1. The van der Waals surface area contributed by atoms with E-state index < -0.39 is 11.9 Å². The number of aromatic nitrogens is 7. The molecule has 1 aliphatic carbocycles. The van der Waals surface area contributed by atoms with Gasteiger partial charge in [-0.1, -0.05) is 34.5 Å². The van der Waals surface area contributed by atoms with Crippen LogP contribution in [0.15, 0.2) is 78.1 Å². The monoisotopic (exact) mass is 903 g/mol. The van der Waals surface area contributed by atoms with Crippen molar-refractivity contribution in [1.82, 2.24) is 50.0 Å². The van der Waals surface area contributed by atoms with Crippen molar-refractivity contribution in [3.8, 4) is 0 Å². The van der Waals surface area contributed by atoms with Gasteiger partial charge in [0, 0.05) is 74.8 Å². The molecule has 3 saturated heterocycles. The largest absolute Gasteiger partial charge is 0.371 e. The Morgan fingerprint density at radius 3 is 2.31 bits per heavy atom. The highest BCUT2D eigenvalue weighted by molar-refractivity contribution is 6.39. The Kier molecular flexibility index (Phi) is 11.6. The standard InChI is InChI=1S/C45H47Cl2N13O4/c46-34-2-1-3-35(47)39(34)44(63)52-29-22-32(23-29)59-26-50-40-41(48-25-49-42(40)59)51-28-4-6-30(7-5-28)58-20-18-56(19-21-58)15-12-27-13-16-57(17-14-27)31-8-9-36-33(24-31)45(64)60(55-54-36)37-10-11-38(61)53-43(37)62/h1-9,24-27,29,32,37H,10-23H2,(H,52,63)(H,48,49,51)(H,53,61,62). The molecule has 17 nitrogen and oxygen atoms in total. The Bertz CT molecular complexity index is 2780. The third kappa shape index (κ3) is 8.46. The van der Waals surface area contributed by atoms with E-state index in [4.69, 9.17) is 23.2 Å². The van der Waals surface area contributed by atoms with Gasteiger partial charge in [-0.3, -0.25) is 29.4 Å². The lowest BCUT2D eigenvalue weighted by molar-refractivity contribution is -0.136. The van der Waals surface area contributed by atoms with Gasteiger partial charge in [-0.05, 0) is 106 Å². The predicted molar refractivity (Wildman–Crippen MR) is 244 cm³/mol. The van der Waals surface area contributed by atoms with Crippen molar-refractivity contribution >= 4 is 85.9 Å². The van der Waals surface area contributed by atoms with Crippen molar-refractivity contribution < 1.29 is 14.4 Å². The summed E-state index contributed by atoms with van der Waals surface area (Å²) in [5, 5.41) is 18.1. The number of rotatable bonds is 11. The minimum atomic E-state index is -0.844. The quantitative estimate of drug-likeness (QED) is 0.138.